The fourth-order valence-electron chi connectivity index (χ4n) is 2.67. The number of aryl methyl sites for hydroxylation is 1. The Morgan fingerprint density at radius 1 is 1.53 bits per heavy atom. The molecule has 0 spiro atoms. The summed E-state index contributed by atoms with van der Waals surface area (Å²) in [6.07, 6.45) is 3.56. The Balaban J connectivity index is 2.22. The predicted molar refractivity (Wildman–Crippen MR) is 64.5 cm³/mol. The van der Waals surface area contributed by atoms with Crippen LogP contribution in [0.2, 0.25) is 5.02 Å². The lowest BCUT2D eigenvalue weighted by atomic mass is 9.82. The van der Waals surface area contributed by atoms with Crippen molar-refractivity contribution in [3.8, 4) is 0 Å². The third-order valence-corrected chi connectivity index (χ3v) is 3.72. The Morgan fingerprint density at radius 2 is 2.35 bits per heavy atom. The van der Waals surface area contributed by atoms with Crippen LogP contribution in [0.25, 0.3) is 11.0 Å². The molecule has 0 fully saturated rings. The maximum Gasteiger partial charge on any atom is 0.303 e. The van der Waals surface area contributed by atoms with Crippen LogP contribution in [0.4, 0.5) is 0 Å². The average Bonchev–Trinajstić information content (AvgIpc) is 2.69. The van der Waals surface area contributed by atoms with Gasteiger partial charge < -0.3 is 9.52 Å². The average molecular weight is 251 g/mol. The van der Waals surface area contributed by atoms with Crippen LogP contribution in [-0.4, -0.2) is 11.1 Å². The van der Waals surface area contributed by atoms with Gasteiger partial charge in [-0.05, 0) is 42.0 Å². The molecule has 3 nitrogen and oxygen atoms in total. The molecular weight excluding hydrogens is 240 g/mol. The number of hydrogen-bond donors (Lipinski definition) is 1. The molecule has 1 aliphatic rings. The van der Waals surface area contributed by atoms with E-state index >= 15 is 0 Å². The fourth-order valence-corrected chi connectivity index (χ4v) is 2.98. The Labute approximate surface area is 103 Å². The van der Waals surface area contributed by atoms with Gasteiger partial charge in [0.2, 0.25) is 0 Å². The van der Waals surface area contributed by atoms with Gasteiger partial charge in [0.15, 0.2) is 0 Å². The standard InChI is InChI=1S/C13H11ClO3/c14-9-3-4-10-13-8(6-17-10)2-1-7(12(9)13)5-11(15)16/h3-4,6-7H,1-2,5H2,(H,15,16). The number of halogens is 1. The van der Waals surface area contributed by atoms with Gasteiger partial charge in [-0.3, -0.25) is 4.79 Å². The first-order valence-electron chi connectivity index (χ1n) is 5.57. The van der Waals surface area contributed by atoms with Gasteiger partial charge in [0, 0.05) is 10.4 Å². The first kappa shape index (κ1) is 10.7. The highest BCUT2D eigenvalue weighted by Crippen LogP contribution is 2.42. The first-order valence-corrected chi connectivity index (χ1v) is 5.95. The second-order valence-corrected chi connectivity index (χ2v) is 4.84. The summed E-state index contributed by atoms with van der Waals surface area (Å²) in [5.74, 6) is -0.788. The molecular formula is C13H11ClO3. The van der Waals surface area contributed by atoms with Crippen molar-refractivity contribution in [1.29, 1.82) is 0 Å². The van der Waals surface area contributed by atoms with Gasteiger partial charge in [-0.1, -0.05) is 11.6 Å². The van der Waals surface area contributed by atoms with Gasteiger partial charge in [0.05, 0.1) is 12.7 Å². The van der Waals surface area contributed by atoms with Crippen LogP contribution < -0.4 is 0 Å². The van der Waals surface area contributed by atoms with E-state index in [2.05, 4.69) is 0 Å². The van der Waals surface area contributed by atoms with Crippen molar-refractivity contribution in [3.05, 3.63) is 34.5 Å². The molecule has 1 aromatic carbocycles. The number of furan rings is 1. The number of hydrogen-bond acceptors (Lipinski definition) is 2. The molecule has 0 saturated heterocycles. The molecule has 1 atom stereocenters. The molecule has 88 valence electrons. The lowest BCUT2D eigenvalue weighted by molar-refractivity contribution is -0.137. The topological polar surface area (TPSA) is 50.4 Å². The summed E-state index contributed by atoms with van der Waals surface area (Å²) in [7, 11) is 0. The third kappa shape index (κ3) is 1.62. The van der Waals surface area contributed by atoms with Crippen molar-refractivity contribution in [3.63, 3.8) is 0 Å². The zero-order chi connectivity index (χ0) is 12.0. The minimum absolute atomic E-state index is 0.00574. The molecule has 1 aliphatic carbocycles. The molecule has 1 heterocycles. The zero-order valence-corrected chi connectivity index (χ0v) is 9.83. The second-order valence-electron chi connectivity index (χ2n) is 4.43. The highest BCUT2D eigenvalue weighted by atomic mass is 35.5. The Bertz CT molecular complexity index is 600. The summed E-state index contributed by atoms with van der Waals surface area (Å²) in [5, 5.41) is 10.6. The van der Waals surface area contributed by atoms with E-state index in [9.17, 15) is 4.79 Å². The number of carboxylic acid groups (broad SMARTS) is 1. The quantitative estimate of drug-likeness (QED) is 0.886. The third-order valence-electron chi connectivity index (χ3n) is 3.39. The van der Waals surface area contributed by atoms with Crippen LogP contribution >= 0.6 is 11.6 Å². The SMILES string of the molecule is O=C(O)CC1CCc2coc3ccc(Cl)c1c23. The summed E-state index contributed by atoms with van der Waals surface area (Å²) in [5.41, 5.74) is 2.88. The second kappa shape index (κ2) is 3.77. The van der Waals surface area contributed by atoms with Crippen LogP contribution in [-0.2, 0) is 11.2 Å². The Hall–Kier alpha value is -1.48. The summed E-state index contributed by atoms with van der Waals surface area (Å²) in [6, 6.07) is 3.63. The molecule has 0 saturated carbocycles. The lowest BCUT2D eigenvalue weighted by Crippen LogP contribution is -2.12. The fraction of sp³-hybridized carbons (Fsp3) is 0.308. The van der Waals surface area contributed by atoms with Crippen molar-refractivity contribution in [2.45, 2.75) is 25.2 Å². The Kier molecular flexibility index (Phi) is 2.37. The summed E-state index contributed by atoms with van der Waals surface area (Å²) in [4.78, 5) is 10.9. The van der Waals surface area contributed by atoms with Gasteiger partial charge in [-0.15, -0.1) is 0 Å². The van der Waals surface area contributed by atoms with Crippen LogP contribution in [0.5, 0.6) is 0 Å². The van der Waals surface area contributed by atoms with Crippen LogP contribution in [0.3, 0.4) is 0 Å². The van der Waals surface area contributed by atoms with E-state index in [4.69, 9.17) is 21.1 Å². The van der Waals surface area contributed by atoms with Crippen LogP contribution in [0.1, 0.15) is 29.9 Å². The smallest absolute Gasteiger partial charge is 0.303 e. The van der Waals surface area contributed by atoms with E-state index in [1.807, 2.05) is 6.07 Å². The number of carboxylic acids is 1. The van der Waals surface area contributed by atoms with Gasteiger partial charge in [-0.2, -0.15) is 0 Å². The van der Waals surface area contributed by atoms with Gasteiger partial charge in [0.25, 0.3) is 0 Å². The largest absolute Gasteiger partial charge is 0.481 e. The molecule has 17 heavy (non-hydrogen) atoms. The maximum atomic E-state index is 10.9. The van der Waals surface area contributed by atoms with Crippen molar-refractivity contribution in [2.75, 3.05) is 0 Å². The summed E-state index contributed by atoms with van der Waals surface area (Å²) >= 11 is 6.21. The summed E-state index contributed by atoms with van der Waals surface area (Å²) in [6.45, 7) is 0. The normalized spacial score (nSPS) is 18.5. The van der Waals surface area contributed by atoms with Crippen molar-refractivity contribution in [1.82, 2.24) is 0 Å². The molecule has 0 radical (unpaired) electrons. The van der Waals surface area contributed by atoms with Gasteiger partial charge >= 0.3 is 5.97 Å². The lowest BCUT2D eigenvalue weighted by Gasteiger charge is -2.22. The Morgan fingerprint density at radius 3 is 3.12 bits per heavy atom. The summed E-state index contributed by atoms with van der Waals surface area (Å²) < 4.78 is 5.46. The molecule has 0 aliphatic heterocycles. The first-order chi connectivity index (χ1) is 8.16. The number of carbonyl (C=O) groups is 1. The van der Waals surface area contributed by atoms with E-state index in [1.165, 1.54) is 0 Å². The van der Waals surface area contributed by atoms with Crippen molar-refractivity contribution >= 4 is 28.5 Å². The van der Waals surface area contributed by atoms with E-state index in [-0.39, 0.29) is 12.3 Å². The van der Waals surface area contributed by atoms with Crippen LogP contribution in [0, 0.1) is 0 Å². The van der Waals surface area contributed by atoms with Crippen molar-refractivity contribution in [2.24, 2.45) is 0 Å². The molecule has 0 bridgehead atoms. The number of rotatable bonds is 2. The molecule has 3 rings (SSSR count). The highest BCUT2D eigenvalue weighted by Gasteiger charge is 2.27. The maximum absolute atomic E-state index is 10.9. The molecule has 1 unspecified atom stereocenters. The molecule has 2 aromatic rings. The monoisotopic (exact) mass is 250 g/mol. The minimum atomic E-state index is -0.782. The van der Waals surface area contributed by atoms with E-state index in [0.717, 1.165) is 34.9 Å². The predicted octanol–water partition coefficient (Wildman–Crippen LogP) is 3.59. The molecule has 0 amide bonds. The number of aliphatic carboxylic acids is 1. The van der Waals surface area contributed by atoms with E-state index in [1.54, 1.807) is 12.3 Å². The van der Waals surface area contributed by atoms with E-state index in [0.29, 0.717) is 5.02 Å². The van der Waals surface area contributed by atoms with Crippen molar-refractivity contribution < 1.29 is 14.3 Å². The molecule has 4 heteroatoms. The van der Waals surface area contributed by atoms with E-state index < -0.39 is 5.97 Å². The highest BCUT2D eigenvalue weighted by molar-refractivity contribution is 6.32. The van der Waals surface area contributed by atoms with Gasteiger partial charge in [0.1, 0.15) is 5.58 Å². The zero-order valence-electron chi connectivity index (χ0n) is 9.07. The molecule has 1 aromatic heterocycles. The molecule has 1 N–H and O–H groups in total. The van der Waals surface area contributed by atoms with Crippen LogP contribution in [0.15, 0.2) is 22.8 Å². The minimum Gasteiger partial charge on any atom is -0.481 e. The van der Waals surface area contributed by atoms with Gasteiger partial charge in [-0.25, -0.2) is 0 Å². The number of benzene rings is 1.